The molecule has 6 heteroatoms. The van der Waals surface area contributed by atoms with E-state index in [1.165, 1.54) is 4.90 Å². The van der Waals surface area contributed by atoms with E-state index in [1.54, 1.807) is 68.0 Å². The fourth-order valence-corrected chi connectivity index (χ4v) is 2.76. The van der Waals surface area contributed by atoms with Crippen molar-refractivity contribution in [3.05, 3.63) is 89.7 Å². The Morgan fingerprint density at radius 3 is 2.73 bits per heavy atom. The normalized spacial score (nSPS) is 10.0. The number of rotatable bonds is 7. The molecule has 150 valence electrons. The number of ether oxygens (including phenoxy) is 1. The Morgan fingerprint density at radius 2 is 1.97 bits per heavy atom. The highest BCUT2D eigenvalue weighted by Gasteiger charge is 2.16. The average Bonchev–Trinajstić information content (AvgIpc) is 2.78. The molecular weight excluding hydrogens is 378 g/mol. The summed E-state index contributed by atoms with van der Waals surface area (Å²) in [6.07, 6.45) is 8.79. The van der Waals surface area contributed by atoms with Gasteiger partial charge >= 0.3 is 0 Å². The predicted molar refractivity (Wildman–Crippen MR) is 115 cm³/mol. The van der Waals surface area contributed by atoms with Crippen molar-refractivity contribution < 1.29 is 14.3 Å². The zero-order valence-electron chi connectivity index (χ0n) is 16.5. The Kier molecular flexibility index (Phi) is 6.80. The quantitative estimate of drug-likeness (QED) is 0.619. The zero-order valence-corrected chi connectivity index (χ0v) is 16.5. The van der Waals surface area contributed by atoms with Gasteiger partial charge in [0, 0.05) is 41.8 Å². The molecule has 2 aromatic carbocycles. The largest absolute Gasteiger partial charge is 0.489 e. The van der Waals surface area contributed by atoms with Gasteiger partial charge in [-0.15, -0.1) is 6.42 Å². The summed E-state index contributed by atoms with van der Waals surface area (Å²) in [4.78, 5) is 30.4. The fourth-order valence-electron chi connectivity index (χ4n) is 2.76. The van der Waals surface area contributed by atoms with Crippen molar-refractivity contribution in [1.82, 2.24) is 9.88 Å². The molecule has 1 aromatic heterocycles. The van der Waals surface area contributed by atoms with Gasteiger partial charge in [-0.2, -0.15) is 0 Å². The van der Waals surface area contributed by atoms with Crippen LogP contribution in [0.25, 0.3) is 0 Å². The van der Waals surface area contributed by atoms with Gasteiger partial charge < -0.3 is 15.0 Å². The summed E-state index contributed by atoms with van der Waals surface area (Å²) in [7, 11) is 1.57. The lowest BCUT2D eigenvalue weighted by molar-refractivity contribution is -0.116. The standard InChI is InChI=1S/C24H21N3O3/c1-3-18-7-4-10-21(13-18)26-23(28)16-27(2)24(29)20-9-5-11-22(14-20)30-17-19-8-6-12-25-15-19/h1,4-15H,16-17H2,2H3,(H,26,28). The molecule has 0 aliphatic heterocycles. The van der Waals surface area contributed by atoms with Crippen molar-refractivity contribution in [2.24, 2.45) is 0 Å². The van der Waals surface area contributed by atoms with Crippen molar-refractivity contribution in [3.63, 3.8) is 0 Å². The van der Waals surface area contributed by atoms with Crippen LogP contribution in [-0.2, 0) is 11.4 Å². The number of likely N-dealkylation sites (N-methyl/N-ethyl adjacent to an activating group) is 1. The van der Waals surface area contributed by atoms with Crippen LogP contribution in [0.3, 0.4) is 0 Å². The molecule has 6 nitrogen and oxygen atoms in total. The molecule has 0 aliphatic rings. The number of carbonyl (C=O) groups is 2. The Morgan fingerprint density at radius 1 is 1.13 bits per heavy atom. The van der Waals surface area contributed by atoms with Gasteiger partial charge in [-0.05, 0) is 42.5 Å². The third-order valence-electron chi connectivity index (χ3n) is 4.25. The molecule has 0 saturated carbocycles. The van der Waals surface area contributed by atoms with Gasteiger partial charge in [0.2, 0.25) is 5.91 Å². The summed E-state index contributed by atoms with van der Waals surface area (Å²) in [5.41, 5.74) is 2.61. The maximum Gasteiger partial charge on any atom is 0.254 e. The molecule has 3 rings (SSSR count). The van der Waals surface area contributed by atoms with Crippen LogP contribution in [0.1, 0.15) is 21.5 Å². The van der Waals surface area contributed by atoms with Gasteiger partial charge in [0.05, 0.1) is 6.54 Å². The maximum absolute atomic E-state index is 12.7. The molecule has 0 aliphatic carbocycles. The molecule has 0 spiro atoms. The molecule has 2 amide bonds. The van der Waals surface area contributed by atoms with Crippen LogP contribution < -0.4 is 10.1 Å². The van der Waals surface area contributed by atoms with E-state index in [9.17, 15) is 9.59 Å². The van der Waals surface area contributed by atoms with E-state index in [1.807, 2.05) is 12.1 Å². The van der Waals surface area contributed by atoms with E-state index >= 15 is 0 Å². The summed E-state index contributed by atoms with van der Waals surface area (Å²) in [6.45, 7) is 0.250. The number of hydrogen-bond acceptors (Lipinski definition) is 4. The third-order valence-corrected chi connectivity index (χ3v) is 4.25. The van der Waals surface area contributed by atoms with Crippen molar-refractivity contribution in [1.29, 1.82) is 0 Å². The Bertz CT molecular complexity index is 1070. The molecule has 0 saturated heterocycles. The van der Waals surface area contributed by atoms with Crippen molar-refractivity contribution in [2.75, 3.05) is 18.9 Å². The second-order valence-corrected chi connectivity index (χ2v) is 6.61. The molecule has 0 atom stereocenters. The first-order valence-electron chi connectivity index (χ1n) is 9.29. The highest BCUT2D eigenvalue weighted by atomic mass is 16.5. The van der Waals surface area contributed by atoms with Crippen molar-refractivity contribution in [2.45, 2.75) is 6.61 Å². The minimum Gasteiger partial charge on any atom is -0.489 e. The van der Waals surface area contributed by atoms with Crippen LogP contribution in [0.4, 0.5) is 5.69 Å². The van der Waals surface area contributed by atoms with Crippen molar-refractivity contribution >= 4 is 17.5 Å². The molecule has 0 fully saturated rings. The summed E-state index contributed by atoms with van der Waals surface area (Å²) in [5, 5.41) is 2.74. The minimum atomic E-state index is -0.316. The Balaban J connectivity index is 1.58. The predicted octanol–water partition coefficient (Wildman–Crippen LogP) is 3.35. The minimum absolute atomic E-state index is 0.0973. The molecule has 0 unspecified atom stereocenters. The summed E-state index contributed by atoms with van der Waals surface area (Å²) in [6, 6.07) is 17.6. The lowest BCUT2D eigenvalue weighted by Gasteiger charge is -2.17. The van der Waals surface area contributed by atoms with Gasteiger partial charge in [-0.3, -0.25) is 14.6 Å². The lowest BCUT2D eigenvalue weighted by Crippen LogP contribution is -2.34. The number of nitrogens with zero attached hydrogens (tertiary/aromatic N) is 2. The zero-order chi connectivity index (χ0) is 21.3. The van der Waals surface area contributed by atoms with Crippen LogP contribution in [-0.4, -0.2) is 35.3 Å². The monoisotopic (exact) mass is 399 g/mol. The molecule has 1 heterocycles. The number of amides is 2. The van der Waals surface area contributed by atoms with Gasteiger partial charge in [0.25, 0.3) is 5.91 Å². The van der Waals surface area contributed by atoms with E-state index in [0.717, 1.165) is 5.56 Å². The van der Waals surface area contributed by atoms with E-state index < -0.39 is 0 Å². The molecule has 0 radical (unpaired) electrons. The average molecular weight is 399 g/mol. The van der Waals surface area contributed by atoms with Crippen LogP contribution in [0.15, 0.2) is 73.1 Å². The van der Waals surface area contributed by atoms with Gasteiger partial charge in [0.15, 0.2) is 0 Å². The first-order chi connectivity index (χ1) is 14.5. The van der Waals surface area contributed by atoms with Gasteiger partial charge in [0.1, 0.15) is 12.4 Å². The Hall–Kier alpha value is -4.11. The topological polar surface area (TPSA) is 71.5 Å². The first kappa shape index (κ1) is 20.6. The number of aromatic nitrogens is 1. The second kappa shape index (κ2) is 9.89. The second-order valence-electron chi connectivity index (χ2n) is 6.61. The van der Waals surface area contributed by atoms with Crippen LogP contribution in [0, 0.1) is 12.3 Å². The maximum atomic E-state index is 12.7. The molecule has 1 N–H and O–H groups in total. The van der Waals surface area contributed by atoms with Gasteiger partial charge in [-0.1, -0.05) is 24.1 Å². The first-order valence-corrected chi connectivity index (χ1v) is 9.29. The van der Waals surface area contributed by atoms with E-state index in [-0.39, 0.29) is 18.4 Å². The Labute approximate surface area is 175 Å². The van der Waals surface area contributed by atoms with Crippen LogP contribution in [0.5, 0.6) is 5.75 Å². The number of hydrogen-bond donors (Lipinski definition) is 1. The number of benzene rings is 2. The summed E-state index contributed by atoms with van der Waals surface area (Å²) >= 11 is 0. The molecule has 0 bridgehead atoms. The molecule has 30 heavy (non-hydrogen) atoms. The van der Waals surface area contributed by atoms with Gasteiger partial charge in [-0.25, -0.2) is 0 Å². The van der Waals surface area contributed by atoms with Crippen molar-refractivity contribution in [3.8, 4) is 18.1 Å². The number of pyridine rings is 1. The number of nitrogens with one attached hydrogen (secondary N) is 1. The molecule has 3 aromatic rings. The number of carbonyl (C=O) groups excluding carboxylic acids is 2. The SMILES string of the molecule is C#Cc1cccc(NC(=O)CN(C)C(=O)c2cccc(OCc3cccnc3)c2)c1. The third kappa shape index (κ3) is 5.69. The van der Waals surface area contributed by atoms with E-state index in [4.69, 9.17) is 11.2 Å². The highest BCUT2D eigenvalue weighted by molar-refractivity contribution is 5.99. The summed E-state index contributed by atoms with van der Waals surface area (Å²) in [5.74, 6) is 2.48. The fraction of sp³-hybridized carbons (Fsp3) is 0.125. The highest BCUT2D eigenvalue weighted by Crippen LogP contribution is 2.16. The molecular formula is C24H21N3O3. The van der Waals surface area contributed by atoms with E-state index in [0.29, 0.717) is 29.2 Å². The number of anilines is 1. The smallest absolute Gasteiger partial charge is 0.254 e. The van der Waals surface area contributed by atoms with E-state index in [2.05, 4.69) is 16.2 Å². The van der Waals surface area contributed by atoms with Crippen LogP contribution in [0.2, 0.25) is 0 Å². The lowest BCUT2D eigenvalue weighted by atomic mass is 10.2. The number of terminal acetylenes is 1. The summed E-state index contributed by atoms with van der Waals surface area (Å²) < 4.78 is 5.74. The van der Waals surface area contributed by atoms with Crippen LogP contribution >= 0.6 is 0 Å².